The summed E-state index contributed by atoms with van der Waals surface area (Å²) < 4.78 is 27.8. The molecule has 1 atom stereocenters. The van der Waals surface area contributed by atoms with Gasteiger partial charge < -0.3 is 10.1 Å². The molecule has 9 heteroatoms. The summed E-state index contributed by atoms with van der Waals surface area (Å²) in [6.45, 7) is 1.92. The molecule has 1 N–H and O–H groups in total. The van der Waals surface area contributed by atoms with Gasteiger partial charge in [-0.3, -0.25) is 4.79 Å². The average molecular weight is 332 g/mol. The normalized spacial score (nSPS) is 20.7. The zero-order valence-corrected chi connectivity index (χ0v) is 13.1. The van der Waals surface area contributed by atoms with Crippen LogP contribution in [-0.4, -0.2) is 49.4 Å². The topological polar surface area (TPSA) is 102 Å². The van der Waals surface area contributed by atoms with Gasteiger partial charge in [0.2, 0.25) is 5.01 Å². The van der Waals surface area contributed by atoms with Crippen LogP contribution in [0.5, 0.6) is 0 Å². The van der Waals surface area contributed by atoms with Crippen LogP contribution in [0.25, 0.3) is 0 Å². The largest absolute Gasteiger partial charge is 0.461 e. The van der Waals surface area contributed by atoms with E-state index in [-0.39, 0.29) is 28.8 Å². The van der Waals surface area contributed by atoms with Crippen molar-refractivity contribution < 1.29 is 22.7 Å². The Morgan fingerprint density at radius 1 is 1.52 bits per heavy atom. The third-order valence-corrected chi connectivity index (χ3v) is 5.63. The van der Waals surface area contributed by atoms with E-state index in [4.69, 9.17) is 4.74 Å². The van der Waals surface area contributed by atoms with E-state index in [0.717, 1.165) is 11.3 Å². The van der Waals surface area contributed by atoms with Gasteiger partial charge in [0.25, 0.3) is 5.91 Å². The number of aromatic nitrogens is 1. The first-order chi connectivity index (χ1) is 9.91. The first kappa shape index (κ1) is 15.9. The zero-order chi connectivity index (χ0) is 15.5. The molecule has 1 aromatic heterocycles. The maximum atomic E-state index is 12.0. The minimum absolute atomic E-state index is 0.0480. The highest BCUT2D eigenvalue weighted by Crippen LogP contribution is 2.14. The third-order valence-electron chi connectivity index (χ3n) is 2.99. The summed E-state index contributed by atoms with van der Waals surface area (Å²) in [5.74, 6) is -0.915. The second kappa shape index (κ2) is 6.52. The molecule has 1 fully saturated rings. The van der Waals surface area contributed by atoms with Crippen molar-refractivity contribution in [1.29, 1.82) is 0 Å². The Labute approximate surface area is 126 Å². The molecule has 0 saturated carbocycles. The molecule has 7 nitrogen and oxygen atoms in total. The number of carbonyl (C=O) groups is 2. The van der Waals surface area contributed by atoms with E-state index in [1.807, 2.05) is 0 Å². The molecule has 21 heavy (non-hydrogen) atoms. The van der Waals surface area contributed by atoms with Crippen LogP contribution in [0.1, 0.15) is 40.1 Å². The minimum atomic E-state index is -3.08. The van der Waals surface area contributed by atoms with Crippen LogP contribution < -0.4 is 5.32 Å². The lowest BCUT2D eigenvalue weighted by atomic mass is 10.2. The maximum Gasteiger partial charge on any atom is 0.367 e. The number of hydrogen-bond donors (Lipinski definition) is 1. The van der Waals surface area contributed by atoms with Crippen molar-refractivity contribution in [2.75, 3.05) is 18.1 Å². The molecule has 1 amide bonds. The number of hydrogen-bond acceptors (Lipinski definition) is 7. The fourth-order valence-electron chi connectivity index (χ4n) is 2.06. The lowest BCUT2D eigenvalue weighted by Crippen LogP contribution is -2.43. The monoisotopic (exact) mass is 332 g/mol. The highest BCUT2D eigenvalue weighted by atomic mass is 32.2. The fraction of sp³-hybridized carbons (Fsp3) is 0.583. The Morgan fingerprint density at radius 3 is 2.95 bits per heavy atom. The van der Waals surface area contributed by atoms with E-state index in [0.29, 0.717) is 12.8 Å². The molecule has 1 unspecified atom stereocenters. The van der Waals surface area contributed by atoms with Crippen LogP contribution in [0.2, 0.25) is 0 Å². The number of thiazole rings is 1. The Bertz CT molecular complexity index is 638. The number of sulfone groups is 1. The van der Waals surface area contributed by atoms with Gasteiger partial charge in [-0.1, -0.05) is 0 Å². The van der Waals surface area contributed by atoms with Crippen LogP contribution in [-0.2, 0) is 14.6 Å². The van der Waals surface area contributed by atoms with Crippen molar-refractivity contribution in [2.24, 2.45) is 0 Å². The van der Waals surface area contributed by atoms with Crippen LogP contribution in [0.15, 0.2) is 5.38 Å². The number of ether oxygens (including phenoxy) is 1. The average Bonchev–Trinajstić information content (AvgIpc) is 2.87. The van der Waals surface area contributed by atoms with Gasteiger partial charge in [-0.05, 0) is 19.8 Å². The lowest BCUT2D eigenvalue weighted by molar-refractivity contribution is 0.0526. The summed E-state index contributed by atoms with van der Waals surface area (Å²) in [6, 6.07) is -0.399. The summed E-state index contributed by atoms with van der Waals surface area (Å²) in [5.41, 5.74) is 0.103. The van der Waals surface area contributed by atoms with Gasteiger partial charge in [0.1, 0.15) is 5.69 Å². The van der Waals surface area contributed by atoms with E-state index in [2.05, 4.69) is 10.3 Å². The maximum absolute atomic E-state index is 12.0. The van der Waals surface area contributed by atoms with Crippen molar-refractivity contribution >= 4 is 33.1 Å². The van der Waals surface area contributed by atoms with Gasteiger partial charge in [0.05, 0.1) is 18.1 Å². The molecule has 0 bridgehead atoms. The molecule has 116 valence electrons. The minimum Gasteiger partial charge on any atom is -0.461 e. The molecule has 1 saturated heterocycles. The van der Waals surface area contributed by atoms with Gasteiger partial charge >= 0.3 is 5.97 Å². The molecule has 2 rings (SSSR count). The van der Waals surface area contributed by atoms with Gasteiger partial charge in [0.15, 0.2) is 9.84 Å². The third kappa shape index (κ3) is 4.24. The smallest absolute Gasteiger partial charge is 0.367 e. The first-order valence-electron chi connectivity index (χ1n) is 6.55. The van der Waals surface area contributed by atoms with E-state index in [9.17, 15) is 18.0 Å². The summed E-state index contributed by atoms with van der Waals surface area (Å²) in [5, 5.41) is 4.22. The summed E-state index contributed by atoms with van der Waals surface area (Å²) >= 11 is 1.02. The van der Waals surface area contributed by atoms with E-state index >= 15 is 0 Å². The fourth-order valence-corrected chi connectivity index (χ4v) is 4.39. The van der Waals surface area contributed by atoms with Gasteiger partial charge in [0, 0.05) is 11.4 Å². The zero-order valence-electron chi connectivity index (χ0n) is 11.5. The highest BCUT2D eigenvalue weighted by molar-refractivity contribution is 7.91. The summed E-state index contributed by atoms with van der Waals surface area (Å²) in [7, 11) is -3.08. The van der Waals surface area contributed by atoms with Crippen LogP contribution >= 0.6 is 11.3 Å². The number of amides is 1. The van der Waals surface area contributed by atoms with Gasteiger partial charge in [-0.2, -0.15) is 0 Å². The number of nitrogens with one attached hydrogen (secondary N) is 1. The summed E-state index contributed by atoms with van der Waals surface area (Å²) in [4.78, 5) is 27.4. The van der Waals surface area contributed by atoms with Crippen molar-refractivity contribution in [3.8, 4) is 0 Å². The molecule has 1 aliphatic rings. The van der Waals surface area contributed by atoms with Gasteiger partial charge in [-0.25, -0.2) is 18.2 Å². The van der Waals surface area contributed by atoms with E-state index in [1.165, 1.54) is 5.38 Å². The quantitative estimate of drug-likeness (QED) is 0.811. The second-order valence-electron chi connectivity index (χ2n) is 4.69. The SMILES string of the molecule is CCOC(=O)c1nc(C(=O)NC2CCCS(=O)(=O)C2)cs1. The number of rotatable bonds is 4. The van der Waals surface area contributed by atoms with Crippen molar-refractivity contribution in [3.05, 3.63) is 16.1 Å². The number of carbonyl (C=O) groups excluding carboxylic acids is 2. The second-order valence-corrected chi connectivity index (χ2v) is 7.77. The molecule has 2 heterocycles. The van der Waals surface area contributed by atoms with Crippen LogP contribution in [0.3, 0.4) is 0 Å². The molecular formula is C12H16N2O5S2. The lowest BCUT2D eigenvalue weighted by Gasteiger charge is -2.22. The number of nitrogens with zero attached hydrogens (tertiary/aromatic N) is 1. The summed E-state index contributed by atoms with van der Waals surface area (Å²) in [6.07, 6.45) is 1.16. The van der Waals surface area contributed by atoms with Crippen molar-refractivity contribution in [3.63, 3.8) is 0 Å². The Kier molecular flexibility index (Phi) is 4.94. The molecule has 0 aromatic carbocycles. The molecular weight excluding hydrogens is 316 g/mol. The highest BCUT2D eigenvalue weighted by Gasteiger charge is 2.27. The molecule has 0 aliphatic carbocycles. The van der Waals surface area contributed by atoms with Crippen LogP contribution in [0.4, 0.5) is 0 Å². The van der Waals surface area contributed by atoms with E-state index < -0.39 is 27.8 Å². The first-order valence-corrected chi connectivity index (χ1v) is 9.25. The van der Waals surface area contributed by atoms with Crippen molar-refractivity contribution in [1.82, 2.24) is 10.3 Å². The Morgan fingerprint density at radius 2 is 2.29 bits per heavy atom. The molecule has 1 aliphatic heterocycles. The molecule has 0 radical (unpaired) electrons. The van der Waals surface area contributed by atoms with Crippen LogP contribution in [0, 0.1) is 0 Å². The predicted molar refractivity (Wildman–Crippen MR) is 77.2 cm³/mol. The molecule has 0 spiro atoms. The Balaban J connectivity index is 1.99. The predicted octanol–water partition coefficient (Wildman–Crippen LogP) is 0.627. The van der Waals surface area contributed by atoms with E-state index in [1.54, 1.807) is 6.92 Å². The molecule has 1 aromatic rings. The number of esters is 1. The van der Waals surface area contributed by atoms with Crippen molar-refractivity contribution in [2.45, 2.75) is 25.8 Å². The standard InChI is InChI=1S/C12H16N2O5S2/c1-2-19-12(16)11-14-9(6-20-11)10(15)13-8-4-3-5-21(17,18)7-8/h6,8H,2-5,7H2,1H3,(H,13,15). The Hall–Kier alpha value is -1.48. The van der Waals surface area contributed by atoms with Gasteiger partial charge in [-0.15, -0.1) is 11.3 Å².